The van der Waals surface area contributed by atoms with Gasteiger partial charge in [0.15, 0.2) is 11.5 Å². The van der Waals surface area contributed by atoms with Crippen LogP contribution in [0, 0.1) is 0 Å². The van der Waals surface area contributed by atoms with Crippen LogP contribution in [0.5, 0.6) is 11.5 Å². The summed E-state index contributed by atoms with van der Waals surface area (Å²) in [6.45, 7) is 4.24. The van der Waals surface area contributed by atoms with Crippen molar-refractivity contribution in [3.63, 3.8) is 0 Å². The van der Waals surface area contributed by atoms with Crippen molar-refractivity contribution in [2.24, 2.45) is 0 Å². The Kier molecular flexibility index (Phi) is 5.06. The van der Waals surface area contributed by atoms with Gasteiger partial charge in [0.05, 0.1) is 10.2 Å². The lowest BCUT2D eigenvalue weighted by Gasteiger charge is -2.18. The molecule has 2 aliphatic rings. The monoisotopic (exact) mass is 446 g/mol. The summed E-state index contributed by atoms with van der Waals surface area (Å²) in [5.74, 6) is 2.57. The van der Waals surface area contributed by atoms with Crippen LogP contribution in [0.3, 0.4) is 0 Å². The molecule has 32 heavy (non-hydrogen) atoms. The molecule has 6 nitrogen and oxygen atoms in total. The summed E-state index contributed by atoms with van der Waals surface area (Å²) in [7, 11) is 0. The van der Waals surface area contributed by atoms with Crippen LogP contribution >= 0.6 is 11.3 Å². The standard InChI is InChI=1S/C25H26N4O2S/c1-2-4-18-16-5-3-6-17(16)21-22-23(32-25(21)29-18)24(28-14-27-22)26-10-9-15-7-8-19-20(13-15)31-12-11-30-19/h7-8,13-14H,2-6,9-12H2,1H3,(H,26,27,28). The first kappa shape index (κ1) is 19.7. The second-order valence-electron chi connectivity index (χ2n) is 8.46. The van der Waals surface area contributed by atoms with Crippen molar-refractivity contribution < 1.29 is 9.47 Å². The number of aryl methyl sites for hydroxylation is 2. The van der Waals surface area contributed by atoms with E-state index < -0.39 is 0 Å². The molecule has 3 aromatic heterocycles. The van der Waals surface area contributed by atoms with E-state index in [9.17, 15) is 0 Å². The number of hydrogen-bond acceptors (Lipinski definition) is 7. The van der Waals surface area contributed by atoms with Crippen LogP contribution in [0.15, 0.2) is 24.5 Å². The number of ether oxygens (including phenoxy) is 2. The molecule has 0 atom stereocenters. The molecule has 4 heterocycles. The second kappa shape index (κ2) is 8.20. The van der Waals surface area contributed by atoms with Gasteiger partial charge in [0.1, 0.15) is 30.2 Å². The molecule has 1 aliphatic carbocycles. The van der Waals surface area contributed by atoms with Crippen molar-refractivity contribution in [2.45, 2.75) is 45.4 Å². The quantitative estimate of drug-likeness (QED) is 0.444. The number of anilines is 1. The Morgan fingerprint density at radius 2 is 1.91 bits per heavy atom. The molecule has 0 radical (unpaired) electrons. The van der Waals surface area contributed by atoms with Crippen LogP contribution in [0.4, 0.5) is 5.82 Å². The molecular formula is C25H26N4O2S. The van der Waals surface area contributed by atoms with Crippen molar-refractivity contribution in [3.8, 4) is 11.5 Å². The van der Waals surface area contributed by atoms with Gasteiger partial charge in [0, 0.05) is 17.6 Å². The third kappa shape index (κ3) is 3.35. The first-order chi connectivity index (χ1) is 15.8. The molecule has 1 aliphatic heterocycles. The zero-order valence-electron chi connectivity index (χ0n) is 18.2. The molecule has 0 amide bonds. The van der Waals surface area contributed by atoms with Gasteiger partial charge in [-0.3, -0.25) is 0 Å². The Labute approximate surface area is 191 Å². The van der Waals surface area contributed by atoms with E-state index >= 15 is 0 Å². The van der Waals surface area contributed by atoms with Gasteiger partial charge in [0.25, 0.3) is 0 Å². The molecule has 0 unspecified atom stereocenters. The van der Waals surface area contributed by atoms with Crippen LogP contribution < -0.4 is 14.8 Å². The summed E-state index contributed by atoms with van der Waals surface area (Å²) in [5.41, 5.74) is 6.51. The lowest BCUT2D eigenvalue weighted by atomic mass is 10.0. The maximum absolute atomic E-state index is 5.71. The molecular weight excluding hydrogens is 420 g/mol. The van der Waals surface area contributed by atoms with Crippen LogP contribution in [0.1, 0.15) is 42.1 Å². The Hall–Kier alpha value is -2.93. The average Bonchev–Trinajstić information content (AvgIpc) is 3.44. The summed E-state index contributed by atoms with van der Waals surface area (Å²) in [6, 6.07) is 6.18. The van der Waals surface area contributed by atoms with Crippen molar-refractivity contribution >= 4 is 37.6 Å². The van der Waals surface area contributed by atoms with E-state index in [1.54, 1.807) is 17.7 Å². The fourth-order valence-electron chi connectivity index (χ4n) is 4.91. The molecule has 0 fully saturated rings. The van der Waals surface area contributed by atoms with E-state index in [1.165, 1.54) is 34.2 Å². The molecule has 6 rings (SSSR count). The number of nitrogens with zero attached hydrogens (tertiary/aromatic N) is 3. The van der Waals surface area contributed by atoms with Gasteiger partial charge in [-0.1, -0.05) is 19.4 Å². The maximum atomic E-state index is 5.71. The number of rotatable bonds is 6. The zero-order valence-corrected chi connectivity index (χ0v) is 19.1. The topological polar surface area (TPSA) is 69.2 Å². The lowest BCUT2D eigenvalue weighted by molar-refractivity contribution is 0.171. The summed E-state index contributed by atoms with van der Waals surface area (Å²) < 4.78 is 12.4. The normalized spacial score (nSPS) is 14.8. The summed E-state index contributed by atoms with van der Waals surface area (Å²) in [5, 5.41) is 4.80. The largest absolute Gasteiger partial charge is 0.486 e. The molecule has 1 N–H and O–H groups in total. The highest BCUT2D eigenvalue weighted by Gasteiger charge is 2.24. The van der Waals surface area contributed by atoms with Gasteiger partial charge in [-0.15, -0.1) is 11.3 Å². The highest BCUT2D eigenvalue weighted by Crippen LogP contribution is 2.41. The van der Waals surface area contributed by atoms with E-state index in [4.69, 9.17) is 14.5 Å². The van der Waals surface area contributed by atoms with Gasteiger partial charge in [-0.25, -0.2) is 15.0 Å². The molecule has 7 heteroatoms. The number of hydrogen-bond donors (Lipinski definition) is 1. The smallest absolute Gasteiger partial charge is 0.161 e. The predicted octanol–water partition coefficient (Wildman–Crippen LogP) is 5.11. The molecule has 0 spiro atoms. The number of aromatic nitrogens is 3. The molecule has 0 bridgehead atoms. The van der Waals surface area contributed by atoms with E-state index in [0.717, 1.165) is 71.0 Å². The van der Waals surface area contributed by atoms with Crippen molar-refractivity contribution in [1.82, 2.24) is 15.0 Å². The maximum Gasteiger partial charge on any atom is 0.161 e. The van der Waals surface area contributed by atoms with Crippen LogP contribution in [0.2, 0.25) is 0 Å². The number of benzene rings is 1. The Morgan fingerprint density at radius 3 is 2.81 bits per heavy atom. The predicted molar refractivity (Wildman–Crippen MR) is 128 cm³/mol. The van der Waals surface area contributed by atoms with Crippen molar-refractivity contribution in [1.29, 1.82) is 0 Å². The SMILES string of the molecule is CCCc1nc2sc3c(NCCc4ccc5c(c4)OCCO5)ncnc3c2c2c1CCC2. The third-order valence-electron chi connectivity index (χ3n) is 6.36. The first-order valence-corrected chi connectivity index (χ1v) is 12.3. The van der Waals surface area contributed by atoms with Gasteiger partial charge in [-0.2, -0.15) is 0 Å². The fourth-order valence-corrected chi connectivity index (χ4v) is 6.06. The van der Waals surface area contributed by atoms with E-state index in [-0.39, 0.29) is 0 Å². The van der Waals surface area contributed by atoms with E-state index in [1.807, 2.05) is 6.07 Å². The number of fused-ring (bicyclic) bond motifs is 6. The van der Waals surface area contributed by atoms with Gasteiger partial charge in [-0.05, 0) is 60.9 Å². The lowest BCUT2D eigenvalue weighted by Crippen LogP contribution is -2.15. The minimum Gasteiger partial charge on any atom is -0.486 e. The number of thiophene rings is 1. The second-order valence-corrected chi connectivity index (χ2v) is 9.46. The fraction of sp³-hybridized carbons (Fsp3) is 0.400. The van der Waals surface area contributed by atoms with Crippen LogP contribution in [0.25, 0.3) is 20.4 Å². The molecule has 1 aromatic carbocycles. The summed E-state index contributed by atoms with van der Waals surface area (Å²) in [6.07, 6.45) is 8.24. The Bertz CT molecular complexity index is 1320. The minimum absolute atomic E-state index is 0.608. The molecule has 164 valence electrons. The highest BCUT2D eigenvalue weighted by atomic mass is 32.1. The van der Waals surface area contributed by atoms with Crippen LogP contribution in [-0.4, -0.2) is 34.7 Å². The highest BCUT2D eigenvalue weighted by molar-refractivity contribution is 7.26. The number of pyridine rings is 1. The Balaban J connectivity index is 1.29. The number of nitrogens with one attached hydrogen (secondary N) is 1. The molecule has 0 saturated heterocycles. The van der Waals surface area contributed by atoms with Crippen LogP contribution in [-0.2, 0) is 25.7 Å². The zero-order chi connectivity index (χ0) is 21.5. The van der Waals surface area contributed by atoms with E-state index in [2.05, 4.69) is 34.3 Å². The third-order valence-corrected chi connectivity index (χ3v) is 7.44. The molecule has 4 aromatic rings. The van der Waals surface area contributed by atoms with Gasteiger partial charge >= 0.3 is 0 Å². The van der Waals surface area contributed by atoms with Gasteiger partial charge < -0.3 is 14.8 Å². The van der Waals surface area contributed by atoms with Crippen molar-refractivity contribution in [2.75, 3.05) is 25.1 Å². The first-order valence-electron chi connectivity index (χ1n) is 11.5. The Morgan fingerprint density at radius 1 is 1.03 bits per heavy atom. The minimum atomic E-state index is 0.608. The molecule has 0 saturated carbocycles. The van der Waals surface area contributed by atoms with Crippen molar-refractivity contribution in [3.05, 3.63) is 46.9 Å². The van der Waals surface area contributed by atoms with E-state index in [0.29, 0.717) is 13.2 Å². The average molecular weight is 447 g/mol. The summed E-state index contributed by atoms with van der Waals surface area (Å²) >= 11 is 1.72. The summed E-state index contributed by atoms with van der Waals surface area (Å²) in [4.78, 5) is 15.4. The van der Waals surface area contributed by atoms with Gasteiger partial charge in [0.2, 0.25) is 0 Å².